The van der Waals surface area contributed by atoms with E-state index in [4.69, 9.17) is 14.9 Å². The second-order valence-corrected chi connectivity index (χ2v) is 4.45. The maximum atomic E-state index is 12.3. The Labute approximate surface area is 113 Å². The third-order valence-corrected chi connectivity index (χ3v) is 3.00. The number of carbonyl (C=O) groups excluding carboxylic acids is 1. The molecule has 2 rings (SSSR count). The molecule has 0 saturated carbocycles. The standard InChI is InChI=1S/C12H18N2O3.ClH/c1-8-5-16-6-9(2)14(8)12(15)10-3-11(4-13)17-7-10;/h3,7-9H,4-6,13H2,1-2H3;1H. The highest BCUT2D eigenvalue weighted by atomic mass is 35.5. The molecule has 1 aromatic rings. The third kappa shape index (κ3) is 2.85. The molecular formula is C12H19ClN2O3. The van der Waals surface area contributed by atoms with Crippen LogP contribution in [0.5, 0.6) is 0 Å². The summed E-state index contributed by atoms with van der Waals surface area (Å²) in [6.45, 7) is 5.44. The third-order valence-electron chi connectivity index (χ3n) is 3.00. The molecule has 0 aromatic carbocycles. The number of nitrogens with two attached hydrogens (primary N) is 1. The second-order valence-electron chi connectivity index (χ2n) is 4.45. The molecule has 2 unspecified atom stereocenters. The maximum Gasteiger partial charge on any atom is 0.257 e. The molecule has 5 nitrogen and oxygen atoms in total. The summed E-state index contributed by atoms with van der Waals surface area (Å²) >= 11 is 0. The average molecular weight is 275 g/mol. The van der Waals surface area contributed by atoms with E-state index in [1.54, 1.807) is 6.07 Å². The summed E-state index contributed by atoms with van der Waals surface area (Å²) in [6, 6.07) is 1.88. The van der Waals surface area contributed by atoms with Crippen molar-refractivity contribution in [3.63, 3.8) is 0 Å². The lowest BCUT2D eigenvalue weighted by Crippen LogP contribution is -2.52. The van der Waals surface area contributed by atoms with Crippen LogP contribution in [0, 0.1) is 0 Å². The van der Waals surface area contributed by atoms with Crippen LogP contribution in [0.1, 0.15) is 30.0 Å². The molecule has 0 radical (unpaired) electrons. The molecule has 0 spiro atoms. The summed E-state index contributed by atoms with van der Waals surface area (Å²) < 4.78 is 10.6. The molecule has 1 fully saturated rings. The zero-order chi connectivity index (χ0) is 12.4. The first kappa shape index (κ1) is 15.0. The predicted octanol–water partition coefficient (Wildman–Crippen LogP) is 1.41. The summed E-state index contributed by atoms with van der Waals surface area (Å²) in [5.74, 6) is 0.610. The Bertz CT molecular complexity index is 398. The van der Waals surface area contributed by atoms with Gasteiger partial charge in [-0.05, 0) is 19.9 Å². The van der Waals surface area contributed by atoms with E-state index >= 15 is 0 Å². The fraction of sp³-hybridized carbons (Fsp3) is 0.583. The van der Waals surface area contributed by atoms with Gasteiger partial charge in [-0.15, -0.1) is 12.4 Å². The Hall–Kier alpha value is -1.04. The average Bonchev–Trinajstić information content (AvgIpc) is 2.77. The summed E-state index contributed by atoms with van der Waals surface area (Å²) in [7, 11) is 0. The van der Waals surface area contributed by atoms with Crippen LogP contribution in [0.4, 0.5) is 0 Å². The van der Waals surface area contributed by atoms with Crippen molar-refractivity contribution in [1.82, 2.24) is 4.90 Å². The molecule has 2 heterocycles. The molecular weight excluding hydrogens is 256 g/mol. The first-order valence-electron chi connectivity index (χ1n) is 5.81. The summed E-state index contributed by atoms with van der Waals surface area (Å²) in [5, 5.41) is 0. The van der Waals surface area contributed by atoms with Crippen LogP contribution in [0.3, 0.4) is 0 Å². The number of amides is 1. The van der Waals surface area contributed by atoms with Crippen molar-refractivity contribution < 1.29 is 13.9 Å². The van der Waals surface area contributed by atoms with Crippen LogP contribution >= 0.6 is 12.4 Å². The topological polar surface area (TPSA) is 68.7 Å². The van der Waals surface area contributed by atoms with Crippen molar-refractivity contribution >= 4 is 18.3 Å². The van der Waals surface area contributed by atoms with Crippen LogP contribution in [0.25, 0.3) is 0 Å². The summed E-state index contributed by atoms with van der Waals surface area (Å²) in [4.78, 5) is 14.2. The molecule has 1 aromatic heterocycles. The van der Waals surface area contributed by atoms with E-state index in [9.17, 15) is 4.79 Å². The Balaban J connectivity index is 0.00000162. The van der Waals surface area contributed by atoms with Crippen molar-refractivity contribution in [2.45, 2.75) is 32.5 Å². The van der Waals surface area contributed by atoms with Gasteiger partial charge in [0.1, 0.15) is 12.0 Å². The number of hydrogen-bond donors (Lipinski definition) is 1. The van der Waals surface area contributed by atoms with E-state index in [1.165, 1.54) is 6.26 Å². The fourth-order valence-electron chi connectivity index (χ4n) is 2.15. The number of halogens is 1. The molecule has 18 heavy (non-hydrogen) atoms. The molecule has 2 atom stereocenters. The van der Waals surface area contributed by atoms with Crippen molar-refractivity contribution in [2.75, 3.05) is 13.2 Å². The minimum absolute atomic E-state index is 0. The molecule has 1 amide bonds. The molecule has 102 valence electrons. The van der Waals surface area contributed by atoms with E-state index in [-0.39, 0.29) is 30.4 Å². The van der Waals surface area contributed by atoms with Gasteiger partial charge in [0, 0.05) is 0 Å². The number of morpholine rings is 1. The molecule has 1 saturated heterocycles. The van der Waals surface area contributed by atoms with Crippen LogP contribution in [-0.2, 0) is 11.3 Å². The van der Waals surface area contributed by atoms with Gasteiger partial charge in [0.05, 0.1) is 37.4 Å². The minimum Gasteiger partial charge on any atom is -0.467 e. The van der Waals surface area contributed by atoms with Gasteiger partial charge in [-0.3, -0.25) is 4.79 Å². The lowest BCUT2D eigenvalue weighted by atomic mass is 10.1. The first-order chi connectivity index (χ1) is 8.13. The van der Waals surface area contributed by atoms with Crippen LogP contribution in [0.15, 0.2) is 16.7 Å². The van der Waals surface area contributed by atoms with Gasteiger partial charge in [-0.25, -0.2) is 0 Å². The van der Waals surface area contributed by atoms with Gasteiger partial charge >= 0.3 is 0 Å². The Morgan fingerprint density at radius 3 is 2.56 bits per heavy atom. The summed E-state index contributed by atoms with van der Waals surface area (Å²) in [6.07, 6.45) is 1.47. The van der Waals surface area contributed by atoms with Gasteiger partial charge in [-0.2, -0.15) is 0 Å². The van der Waals surface area contributed by atoms with Gasteiger partial charge in [0.2, 0.25) is 0 Å². The first-order valence-corrected chi connectivity index (χ1v) is 5.81. The highest BCUT2D eigenvalue weighted by Crippen LogP contribution is 2.18. The Kier molecular flexibility index (Phi) is 5.19. The molecule has 1 aliphatic rings. The molecule has 1 aliphatic heterocycles. The van der Waals surface area contributed by atoms with E-state index in [0.717, 1.165) is 0 Å². The second kappa shape index (κ2) is 6.22. The van der Waals surface area contributed by atoms with Gasteiger partial charge in [0.15, 0.2) is 0 Å². The largest absolute Gasteiger partial charge is 0.467 e. The normalized spacial score (nSPS) is 23.6. The van der Waals surface area contributed by atoms with Crippen LogP contribution in [0.2, 0.25) is 0 Å². The molecule has 0 bridgehead atoms. The maximum absolute atomic E-state index is 12.3. The quantitative estimate of drug-likeness (QED) is 0.885. The number of nitrogens with zero attached hydrogens (tertiary/aromatic N) is 1. The van der Waals surface area contributed by atoms with E-state index in [1.807, 2.05) is 18.7 Å². The zero-order valence-corrected chi connectivity index (χ0v) is 11.4. The van der Waals surface area contributed by atoms with Gasteiger partial charge in [-0.1, -0.05) is 0 Å². The van der Waals surface area contributed by atoms with Gasteiger partial charge in [0.25, 0.3) is 5.91 Å². The highest BCUT2D eigenvalue weighted by molar-refractivity contribution is 5.94. The van der Waals surface area contributed by atoms with Crippen LogP contribution in [-0.4, -0.2) is 36.1 Å². The van der Waals surface area contributed by atoms with Crippen molar-refractivity contribution in [3.8, 4) is 0 Å². The summed E-state index contributed by atoms with van der Waals surface area (Å²) in [5.41, 5.74) is 6.02. The molecule has 0 aliphatic carbocycles. The lowest BCUT2D eigenvalue weighted by molar-refractivity contribution is -0.0249. The van der Waals surface area contributed by atoms with Crippen molar-refractivity contribution in [3.05, 3.63) is 23.7 Å². The number of rotatable bonds is 2. The van der Waals surface area contributed by atoms with E-state index < -0.39 is 0 Å². The van der Waals surface area contributed by atoms with Crippen LogP contribution < -0.4 is 5.73 Å². The number of hydrogen-bond acceptors (Lipinski definition) is 4. The SMILES string of the molecule is CC1COCC(C)N1C(=O)c1coc(CN)c1.Cl. The predicted molar refractivity (Wildman–Crippen MR) is 69.8 cm³/mol. The monoisotopic (exact) mass is 274 g/mol. The Morgan fingerprint density at radius 2 is 2.06 bits per heavy atom. The van der Waals surface area contributed by atoms with E-state index in [2.05, 4.69) is 0 Å². The van der Waals surface area contributed by atoms with Gasteiger partial charge < -0.3 is 19.8 Å². The number of furan rings is 1. The lowest BCUT2D eigenvalue weighted by Gasteiger charge is -2.38. The van der Waals surface area contributed by atoms with Crippen molar-refractivity contribution in [2.24, 2.45) is 5.73 Å². The fourth-order valence-corrected chi connectivity index (χ4v) is 2.15. The zero-order valence-electron chi connectivity index (χ0n) is 10.6. The molecule has 2 N–H and O–H groups in total. The van der Waals surface area contributed by atoms with Crippen molar-refractivity contribution in [1.29, 1.82) is 0 Å². The number of carbonyl (C=O) groups is 1. The molecule has 6 heteroatoms. The minimum atomic E-state index is -0.0169. The smallest absolute Gasteiger partial charge is 0.257 e. The van der Waals surface area contributed by atoms with E-state index in [0.29, 0.717) is 31.1 Å². The number of ether oxygens (including phenoxy) is 1. The Morgan fingerprint density at radius 1 is 1.44 bits per heavy atom. The highest BCUT2D eigenvalue weighted by Gasteiger charge is 2.30.